The van der Waals surface area contributed by atoms with E-state index in [1.165, 1.54) is 37.8 Å². The molecule has 0 bridgehead atoms. The van der Waals surface area contributed by atoms with E-state index in [4.69, 9.17) is 0 Å². The summed E-state index contributed by atoms with van der Waals surface area (Å²) >= 11 is 0. The van der Waals surface area contributed by atoms with Crippen molar-refractivity contribution in [2.45, 2.75) is 44.6 Å². The molecule has 2 saturated heterocycles. The number of anilines is 2. The average molecular weight is 497 g/mol. The van der Waals surface area contributed by atoms with Gasteiger partial charge in [-0.15, -0.1) is 0 Å². The van der Waals surface area contributed by atoms with Crippen LogP contribution in [-0.2, 0) is 0 Å². The van der Waals surface area contributed by atoms with Gasteiger partial charge in [-0.3, -0.25) is 15.0 Å². The third-order valence-electron chi connectivity index (χ3n) is 8.64. The Morgan fingerprint density at radius 1 is 0.889 bits per heavy atom. The van der Waals surface area contributed by atoms with Gasteiger partial charge >= 0.3 is 5.97 Å². The fourth-order valence-electron chi connectivity index (χ4n) is 6.32. The summed E-state index contributed by atoms with van der Waals surface area (Å²) in [6, 6.07) is 11.9. The second-order valence-corrected chi connectivity index (χ2v) is 10.5. The minimum absolute atomic E-state index is 0.127. The summed E-state index contributed by atoms with van der Waals surface area (Å²) in [5.41, 5.74) is 2.07. The molecule has 2 heterocycles. The molecule has 5 rings (SSSR count). The largest absolute Gasteiger partial charge is 0.478 e. The Balaban J connectivity index is 1.10. The third kappa shape index (κ3) is 5.02. The van der Waals surface area contributed by atoms with Gasteiger partial charge in [0.25, 0.3) is 5.69 Å². The maximum atomic E-state index is 13.8. The highest BCUT2D eigenvalue weighted by Gasteiger charge is 2.40. The van der Waals surface area contributed by atoms with Crippen LogP contribution in [0.1, 0.15) is 48.9 Å². The summed E-state index contributed by atoms with van der Waals surface area (Å²) < 4.78 is 13.8. The molecule has 8 nitrogen and oxygen atoms in total. The van der Waals surface area contributed by atoms with Crippen LogP contribution in [0.2, 0.25) is 0 Å². The molecule has 9 heteroatoms. The number of halogens is 1. The highest BCUT2D eigenvalue weighted by atomic mass is 19.1. The molecular formula is C27H33FN4O4. The number of hydrogen-bond donors (Lipinski definition) is 1. The van der Waals surface area contributed by atoms with Crippen molar-refractivity contribution in [3.63, 3.8) is 0 Å². The minimum Gasteiger partial charge on any atom is -0.478 e. The third-order valence-corrected chi connectivity index (χ3v) is 8.64. The zero-order chi connectivity index (χ0) is 25.3. The molecule has 2 aliphatic heterocycles. The number of hydrogen-bond acceptors (Lipinski definition) is 6. The fourth-order valence-corrected chi connectivity index (χ4v) is 6.32. The van der Waals surface area contributed by atoms with Crippen LogP contribution in [0.4, 0.5) is 21.5 Å². The van der Waals surface area contributed by atoms with Gasteiger partial charge < -0.3 is 14.9 Å². The van der Waals surface area contributed by atoms with E-state index in [2.05, 4.69) is 14.7 Å². The molecule has 2 aromatic rings. The van der Waals surface area contributed by atoms with Crippen LogP contribution in [-0.4, -0.2) is 66.2 Å². The zero-order valence-corrected chi connectivity index (χ0v) is 20.4. The molecule has 1 saturated carbocycles. The first-order chi connectivity index (χ1) is 17.3. The van der Waals surface area contributed by atoms with E-state index < -0.39 is 11.8 Å². The maximum absolute atomic E-state index is 13.8. The highest BCUT2D eigenvalue weighted by molar-refractivity contribution is 5.89. The van der Waals surface area contributed by atoms with E-state index in [1.54, 1.807) is 18.2 Å². The van der Waals surface area contributed by atoms with Gasteiger partial charge in [-0.1, -0.05) is 0 Å². The summed E-state index contributed by atoms with van der Waals surface area (Å²) in [6.07, 6.45) is 7.03. The fraction of sp³-hybridized carbons (Fsp3) is 0.519. The number of piperazine rings is 1. The van der Waals surface area contributed by atoms with E-state index in [1.807, 2.05) is 12.1 Å². The van der Waals surface area contributed by atoms with Gasteiger partial charge in [0, 0.05) is 68.8 Å². The van der Waals surface area contributed by atoms with Crippen molar-refractivity contribution < 1.29 is 19.2 Å². The lowest BCUT2D eigenvalue weighted by Crippen LogP contribution is -2.52. The van der Waals surface area contributed by atoms with Gasteiger partial charge in [0.1, 0.15) is 5.82 Å². The molecule has 3 aliphatic rings. The first-order valence-electron chi connectivity index (χ1n) is 12.8. The Kier molecular flexibility index (Phi) is 6.83. The van der Waals surface area contributed by atoms with Crippen LogP contribution < -0.4 is 9.80 Å². The van der Waals surface area contributed by atoms with Crippen LogP contribution in [0.25, 0.3) is 0 Å². The van der Waals surface area contributed by atoms with Crippen molar-refractivity contribution in [3.05, 3.63) is 64.0 Å². The smallest absolute Gasteiger partial charge is 0.338 e. The Bertz CT molecular complexity index is 1100. The summed E-state index contributed by atoms with van der Waals surface area (Å²) in [7, 11) is 0. The van der Waals surface area contributed by atoms with E-state index >= 15 is 0 Å². The molecule has 1 aliphatic carbocycles. The molecule has 3 fully saturated rings. The number of piperidine rings is 1. The van der Waals surface area contributed by atoms with Gasteiger partial charge in [-0.2, -0.15) is 0 Å². The number of aromatic carboxylic acids is 1. The summed E-state index contributed by atoms with van der Waals surface area (Å²) in [5.74, 6) is -1.92. The van der Waals surface area contributed by atoms with E-state index in [9.17, 15) is 24.4 Å². The Morgan fingerprint density at radius 3 is 2.06 bits per heavy atom. The maximum Gasteiger partial charge on any atom is 0.338 e. The van der Waals surface area contributed by atoms with Crippen molar-refractivity contribution in [1.29, 1.82) is 0 Å². The van der Waals surface area contributed by atoms with Crippen molar-refractivity contribution in [2.24, 2.45) is 5.41 Å². The predicted octanol–water partition coefficient (Wildman–Crippen LogP) is 4.78. The average Bonchev–Trinajstić information content (AvgIpc) is 2.90. The first kappa shape index (κ1) is 24.5. The predicted molar refractivity (Wildman–Crippen MR) is 136 cm³/mol. The quantitative estimate of drug-likeness (QED) is 0.470. The topological polar surface area (TPSA) is 90.2 Å². The number of nitro benzene ring substituents is 1. The second-order valence-electron chi connectivity index (χ2n) is 10.5. The lowest BCUT2D eigenvalue weighted by molar-refractivity contribution is -0.384. The molecule has 192 valence electrons. The molecule has 0 unspecified atom stereocenters. The summed E-state index contributed by atoms with van der Waals surface area (Å²) in [4.78, 5) is 29.0. The summed E-state index contributed by atoms with van der Waals surface area (Å²) in [6.45, 7) is 5.65. The molecule has 0 aromatic heterocycles. The normalized spacial score (nSPS) is 21.0. The number of carboxylic acid groups (broad SMARTS) is 1. The Labute approximate surface area is 210 Å². The molecule has 0 radical (unpaired) electrons. The number of nitrogens with zero attached hydrogens (tertiary/aromatic N) is 4. The van der Waals surface area contributed by atoms with Gasteiger partial charge in [0.2, 0.25) is 0 Å². The van der Waals surface area contributed by atoms with Crippen LogP contribution >= 0.6 is 0 Å². The zero-order valence-electron chi connectivity index (χ0n) is 20.4. The van der Waals surface area contributed by atoms with Crippen molar-refractivity contribution in [1.82, 2.24) is 4.90 Å². The number of non-ortho nitro benzene ring substituents is 1. The molecule has 2 aromatic carbocycles. The van der Waals surface area contributed by atoms with Crippen LogP contribution in [0.5, 0.6) is 0 Å². The van der Waals surface area contributed by atoms with Crippen molar-refractivity contribution in [3.8, 4) is 0 Å². The summed E-state index contributed by atoms with van der Waals surface area (Å²) in [5, 5.41) is 20.1. The lowest BCUT2D eigenvalue weighted by atomic mass is 9.66. The molecule has 0 amide bonds. The number of benzene rings is 2. The van der Waals surface area contributed by atoms with Gasteiger partial charge in [0.05, 0.1) is 10.5 Å². The van der Waals surface area contributed by atoms with Gasteiger partial charge in [-0.05, 0) is 74.3 Å². The number of carbonyl (C=O) groups is 1. The Morgan fingerprint density at radius 2 is 1.47 bits per heavy atom. The van der Waals surface area contributed by atoms with E-state index in [-0.39, 0.29) is 16.2 Å². The first-order valence-corrected chi connectivity index (χ1v) is 12.8. The minimum atomic E-state index is -1.23. The number of nitro groups is 1. The number of carboxylic acids is 1. The SMILES string of the molecule is O=C(O)c1cc(N2CCC3(CCC(N4CCN(c5ccc([N+](=O)[O-])cc5)CC4)CC3)CC2)ccc1F. The van der Waals surface area contributed by atoms with Gasteiger partial charge in [-0.25, -0.2) is 9.18 Å². The monoisotopic (exact) mass is 496 g/mol. The highest BCUT2D eigenvalue weighted by Crippen LogP contribution is 2.46. The van der Waals surface area contributed by atoms with Crippen LogP contribution in [0.15, 0.2) is 42.5 Å². The molecule has 1 spiro atoms. The van der Waals surface area contributed by atoms with Crippen molar-refractivity contribution >= 4 is 23.0 Å². The Hall–Kier alpha value is -3.20. The molecule has 36 heavy (non-hydrogen) atoms. The standard InChI is InChI=1S/C27H33FN4O4/c28-25-6-5-23(19-24(25)26(33)34)29-13-11-27(12-14-29)9-7-21(8-10-27)31-17-15-30(16-18-31)20-1-3-22(4-2-20)32(35)36/h1-6,19,21H,7-18H2,(H,33,34). The second kappa shape index (κ2) is 10.0. The number of rotatable bonds is 5. The van der Waals surface area contributed by atoms with E-state index in [0.717, 1.165) is 63.5 Å². The lowest BCUT2D eigenvalue weighted by Gasteiger charge is -2.49. The van der Waals surface area contributed by atoms with E-state index in [0.29, 0.717) is 11.5 Å². The molecular weight excluding hydrogens is 463 g/mol. The van der Waals surface area contributed by atoms with Crippen LogP contribution in [0, 0.1) is 21.3 Å². The van der Waals surface area contributed by atoms with Crippen molar-refractivity contribution in [2.75, 3.05) is 49.1 Å². The molecule has 0 atom stereocenters. The van der Waals surface area contributed by atoms with Gasteiger partial charge in [0.15, 0.2) is 0 Å². The van der Waals surface area contributed by atoms with Crippen LogP contribution in [0.3, 0.4) is 0 Å². The molecule has 1 N–H and O–H groups in total.